The van der Waals surface area contributed by atoms with E-state index in [-0.39, 0.29) is 0 Å². The minimum Gasteiger partial charge on any atom is -0.493 e. The lowest BCUT2D eigenvalue weighted by molar-refractivity contribution is 0.324. The van der Waals surface area contributed by atoms with Gasteiger partial charge in [-0.2, -0.15) is 0 Å². The fraction of sp³-hybridized carbons (Fsp3) is 0.263. The predicted molar refractivity (Wildman–Crippen MR) is 108 cm³/mol. The van der Waals surface area contributed by atoms with Crippen LogP contribution in [0.15, 0.2) is 34.2 Å². The number of oxazole rings is 1. The van der Waals surface area contributed by atoms with E-state index in [0.29, 0.717) is 34.5 Å². The zero-order valence-electron chi connectivity index (χ0n) is 16.3. The fourth-order valence-electron chi connectivity index (χ4n) is 2.88. The number of ether oxygens (including phenoxy) is 3. The molecular weight excluding hydrogens is 394 g/mol. The Kier molecular flexibility index (Phi) is 5.26. The number of rotatable bonds is 7. The van der Waals surface area contributed by atoms with Crippen LogP contribution in [0.25, 0.3) is 22.6 Å². The number of aromatic nitrogens is 5. The van der Waals surface area contributed by atoms with Gasteiger partial charge < -0.3 is 23.6 Å². The fourth-order valence-corrected chi connectivity index (χ4v) is 3.84. The molecule has 29 heavy (non-hydrogen) atoms. The van der Waals surface area contributed by atoms with Gasteiger partial charge in [-0.25, -0.2) is 19.9 Å². The molecule has 0 unspecified atom stereocenters. The molecule has 0 saturated carbocycles. The zero-order chi connectivity index (χ0) is 20.4. The number of aromatic amines is 1. The summed E-state index contributed by atoms with van der Waals surface area (Å²) < 4.78 is 22.1. The van der Waals surface area contributed by atoms with Crippen LogP contribution in [-0.4, -0.2) is 46.2 Å². The number of fused-ring (bicyclic) bond motifs is 1. The van der Waals surface area contributed by atoms with Gasteiger partial charge in [-0.05, 0) is 19.1 Å². The summed E-state index contributed by atoms with van der Waals surface area (Å²) in [6, 6.07) is 3.62. The van der Waals surface area contributed by atoms with Crippen LogP contribution in [0.2, 0.25) is 0 Å². The first-order valence-electron chi connectivity index (χ1n) is 8.68. The molecule has 0 fully saturated rings. The van der Waals surface area contributed by atoms with Gasteiger partial charge in [0.05, 0.1) is 33.4 Å². The highest BCUT2D eigenvalue weighted by Crippen LogP contribution is 2.41. The normalized spacial score (nSPS) is 11.0. The second-order valence-corrected chi connectivity index (χ2v) is 6.97. The Balaban J connectivity index is 1.62. The summed E-state index contributed by atoms with van der Waals surface area (Å²) in [6.07, 6.45) is 3.11. The molecule has 0 spiro atoms. The minimum absolute atomic E-state index is 0.478. The molecule has 3 heterocycles. The summed E-state index contributed by atoms with van der Waals surface area (Å²) in [5.41, 5.74) is 3.00. The summed E-state index contributed by atoms with van der Waals surface area (Å²) >= 11 is 1.54. The predicted octanol–water partition coefficient (Wildman–Crippen LogP) is 3.63. The van der Waals surface area contributed by atoms with Crippen molar-refractivity contribution in [3.05, 3.63) is 36.2 Å². The van der Waals surface area contributed by atoms with Gasteiger partial charge in [-0.15, -0.1) is 0 Å². The Hall–Kier alpha value is -3.27. The average Bonchev–Trinajstić information content (AvgIpc) is 3.37. The van der Waals surface area contributed by atoms with Gasteiger partial charge in [0.1, 0.15) is 22.6 Å². The number of nitrogens with one attached hydrogen (secondary N) is 1. The molecule has 0 aliphatic rings. The summed E-state index contributed by atoms with van der Waals surface area (Å²) in [4.78, 5) is 20.3. The summed E-state index contributed by atoms with van der Waals surface area (Å²) in [5.74, 6) is 3.39. The summed E-state index contributed by atoms with van der Waals surface area (Å²) in [7, 11) is 4.71. The topological polar surface area (TPSA) is 108 Å². The van der Waals surface area contributed by atoms with Crippen molar-refractivity contribution < 1.29 is 18.6 Å². The molecule has 0 aliphatic carbocycles. The van der Waals surface area contributed by atoms with E-state index in [4.69, 9.17) is 18.6 Å². The average molecular weight is 413 g/mol. The number of hydrogen-bond donors (Lipinski definition) is 1. The molecule has 1 aromatic carbocycles. The van der Waals surface area contributed by atoms with Crippen LogP contribution in [-0.2, 0) is 5.75 Å². The van der Waals surface area contributed by atoms with Crippen molar-refractivity contribution in [2.75, 3.05) is 21.3 Å². The lowest BCUT2D eigenvalue weighted by atomic mass is 10.2. The van der Waals surface area contributed by atoms with E-state index in [9.17, 15) is 0 Å². The van der Waals surface area contributed by atoms with Crippen LogP contribution in [0, 0.1) is 6.92 Å². The third-order valence-electron chi connectivity index (χ3n) is 4.34. The smallest absolute Gasteiger partial charge is 0.226 e. The maximum absolute atomic E-state index is 5.90. The van der Waals surface area contributed by atoms with E-state index in [1.54, 1.807) is 27.7 Å². The highest BCUT2D eigenvalue weighted by molar-refractivity contribution is 7.98. The molecular formula is C19H19N5O4S. The number of nitrogens with zero attached hydrogens (tertiary/aromatic N) is 4. The van der Waals surface area contributed by atoms with Gasteiger partial charge in [0.15, 0.2) is 17.1 Å². The van der Waals surface area contributed by atoms with Crippen LogP contribution in [0.4, 0.5) is 0 Å². The second-order valence-electron chi connectivity index (χ2n) is 6.00. The number of thioether (sulfide) groups is 1. The van der Waals surface area contributed by atoms with Crippen molar-refractivity contribution in [1.82, 2.24) is 24.9 Å². The van der Waals surface area contributed by atoms with E-state index in [1.807, 2.05) is 19.1 Å². The van der Waals surface area contributed by atoms with E-state index in [2.05, 4.69) is 24.9 Å². The summed E-state index contributed by atoms with van der Waals surface area (Å²) in [5, 5.41) is 0.809. The quantitative estimate of drug-likeness (QED) is 0.359. The molecule has 0 saturated heterocycles. The van der Waals surface area contributed by atoms with Gasteiger partial charge >= 0.3 is 0 Å². The summed E-state index contributed by atoms with van der Waals surface area (Å²) in [6.45, 7) is 1.89. The number of aryl methyl sites for hydroxylation is 1. The number of hydrogen-bond acceptors (Lipinski definition) is 9. The van der Waals surface area contributed by atoms with Gasteiger partial charge in [0, 0.05) is 11.3 Å². The lowest BCUT2D eigenvalue weighted by Crippen LogP contribution is -1.95. The standard InChI is InChI=1S/C19H19N5O4S/c1-10-12(7-29-19-15-17(21-8-20-15)22-9-23-19)24-18(28-10)11-5-13(25-2)16(27-4)14(6-11)26-3/h5-6,8-9H,7H2,1-4H3,(H,20,21,22,23). The Morgan fingerprint density at radius 2 is 1.79 bits per heavy atom. The Bertz CT molecular complexity index is 1130. The highest BCUT2D eigenvalue weighted by atomic mass is 32.2. The first-order valence-corrected chi connectivity index (χ1v) is 9.66. The molecule has 1 N–H and O–H groups in total. The number of methoxy groups -OCH3 is 3. The molecule has 10 heteroatoms. The van der Waals surface area contributed by atoms with Gasteiger partial charge in [-0.1, -0.05) is 11.8 Å². The number of H-pyrrole nitrogens is 1. The van der Waals surface area contributed by atoms with Gasteiger partial charge in [-0.3, -0.25) is 0 Å². The van der Waals surface area contributed by atoms with Crippen LogP contribution in [0.3, 0.4) is 0 Å². The van der Waals surface area contributed by atoms with Gasteiger partial charge in [0.25, 0.3) is 0 Å². The monoisotopic (exact) mass is 413 g/mol. The zero-order valence-corrected chi connectivity index (χ0v) is 17.2. The Morgan fingerprint density at radius 3 is 2.48 bits per heavy atom. The lowest BCUT2D eigenvalue weighted by Gasteiger charge is -2.12. The number of benzene rings is 1. The maximum Gasteiger partial charge on any atom is 0.226 e. The van der Waals surface area contributed by atoms with Gasteiger partial charge in [0.2, 0.25) is 11.6 Å². The molecule has 0 atom stereocenters. The van der Waals surface area contributed by atoms with Crippen LogP contribution in [0.5, 0.6) is 17.2 Å². The molecule has 9 nitrogen and oxygen atoms in total. The van der Waals surface area contributed by atoms with E-state index in [1.165, 1.54) is 18.1 Å². The molecule has 150 valence electrons. The Morgan fingerprint density at radius 1 is 1.03 bits per heavy atom. The van der Waals surface area contributed by atoms with Crippen molar-refractivity contribution >= 4 is 22.9 Å². The van der Waals surface area contributed by atoms with Crippen LogP contribution < -0.4 is 14.2 Å². The maximum atomic E-state index is 5.90. The first kappa shape index (κ1) is 19.1. The Labute approximate surface area is 170 Å². The SMILES string of the molecule is COc1cc(-c2nc(CSc3ncnc4nc[nH]c34)c(C)o2)cc(OC)c1OC. The van der Waals surface area contributed by atoms with E-state index < -0.39 is 0 Å². The third-order valence-corrected chi connectivity index (χ3v) is 5.34. The second kappa shape index (κ2) is 8.00. The van der Waals surface area contributed by atoms with Crippen molar-refractivity contribution in [2.24, 2.45) is 0 Å². The van der Waals surface area contributed by atoms with Crippen molar-refractivity contribution in [2.45, 2.75) is 17.7 Å². The highest BCUT2D eigenvalue weighted by Gasteiger charge is 2.19. The first-order chi connectivity index (χ1) is 14.1. The van der Waals surface area contributed by atoms with E-state index >= 15 is 0 Å². The van der Waals surface area contributed by atoms with Crippen molar-refractivity contribution in [1.29, 1.82) is 0 Å². The van der Waals surface area contributed by atoms with Crippen molar-refractivity contribution in [3.63, 3.8) is 0 Å². The van der Waals surface area contributed by atoms with Crippen molar-refractivity contribution in [3.8, 4) is 28.7 Å². The molecule has 0 bridgehead atoms. The molecule has 4 aromatic rings. The molecule has 4 rings (SSSR count). The molecule has 0 aliphatic heterocycles. The minimum atomic E-state index is 0.478. The molecule has 0 amide bonds. The van der Waals surface area contributed by atoms with E-state index in [0.717, 1.165) is 27.6 Å². The van der Waals surface area contributed by atoms with Crippen LogP contribution >= 0.6 is 11.8 Å². The molecule has 0 radical (unpaired) electrons. The van der Waals surface area contributed by atoms with Crippen LogP contribution in [0.1, 0.15) is 11.5 Å². The molecule has 3 aromatic heterocycles. The largest absolute Gasteiger partial charge is 0.493 e. The number of imidazole rings is 1. The third kappa shape index (κ3) is 3.58.